The van der Waals surface area contributed by atoms with Crippen molar-refractivity contribution in [3.63, 3.8) is 0 Å². The predicted octanol–water partition coefficient (Wildman–Crippen LogP) is 1.34. The maximum atomic E-state index is 11.2. The van der Waals surface area contributed by atoms with E-state index < -0.39 is 12.5 Å². The number of hydrogen-bond donors (Lipinski definition) is 0. The largest absolute Gasteiger partial charge is 0.443 e. The summed E-state index contributed by atoms with van der Waals surface area (Å²) in [5, 5.41) is 9.80. The molecule has 0 amide bonds. The average Bonchev–Trinajstić information content (AvgIpc) is 1.64. The van der Waals surface area contributed by atoms with Gasteiger partial charge in [-0.3, -0.25) is 0 Å². The smallest absolute Gasteiger partial charge is 0.343 e. The average molecular weight is 143 g/mol. The molecule has 1 unspecified atom stereocenters. The zero-order valence-corrected chi connectivity index (χ0v) is 4.73. The zero-order valence-electron chi connectivity index (χ0n) is 4.73. The minimum Gasteiger partial charge on any atom is -0.343 e. The zero-order chi connectivity index (χ0) is 7.49. The Hall–Kier alpha value is -0.290. The fraction of sp³-hybridized carbons (Fsp3) is 1.00. The molecule has 5 heteroatoms. The maximum absolute atomic E-state index is 11.2. The van der Waals surface area contributed by atoms with Gasteiger partial charge in [0.15, 0.2) is 0 Å². The lowest BCUT2D eigenvalue weighted by molar-refractivity contribution is -0.312. The van der Waals surface area contributed by atoms with Crippen molar-refractivity contribution in [2.45, 2.75) is 19.4 Å². The molecule has 0 aromatic heterocycles. The first-order chi connectivity index (χ1) is 3.98. The third-order valence-electron chi connectivity index (χ3n) is 0.585. The summed E-state index contributed by atoms with van der Waals surface area (Å²) in [5.41, 5.74) is 0. The van der Waals surface area contributed by atoms with Crippen LogP contribution in [-0.4, -0.2) is 19.1 Å². The molecule has 0 rings (SSSR count). The van der Waals surface area contributed by atoms with E-state index in [1.165, 1.54) is 6.92 Å². The first-order valence-electron chi connectivity index (χ1n) is 2.32. The van der Waals surface area contributed by atoms with E-state index in [0.29, 0.717) is 0 Å². The van der Waals surface area contributed by atoms with Crippen molar-refractivity contribution in [2.75, 3.05) is 6.61 Å². The molecule has 9 heavy (non-hydrogen) atoms. The van der Waals surface area contributed by atoms with Gasteiger partial charge in [0.05, 0.1) is 0 Å². The van der Waals surface area contributed by atoms with Crippen LogP contribution in [0.25, 0.3) is 0 Å². The van der Waals surface area contributed by atoms with Crippen LogP contribution in [0.4, 0.5) is 13.2 Å². The van der Waals surface area contributed by atoms with Gasteiger partial charge >= 0.3 is 6.18 Å². The van der Waals surface area contributed by atoms with E-state index in [1.807, 2.05) is 0 Å². The highest BCUT2D eigenvalue weighted by Crippen LogP contribution is 2.20. The van der Waals surface area contributed by atoms with Crippen molar-refractivity contribution in [2.24, 2.45) is 0 Å². The quantitative estimate of drug-likeness (QED) is 0.536. The molecule has 0 aliphatic heterocycles. The highest BCUT2D eigenvalue weighted by molar-refractivity contribution is 4.51. The van der Waals surface area contributed by atoms with Gasteiger partial charge in [0, 0.05) is 6.61 Å². The third kappa shape index (κ3) is 3.31. The highest BCUT2D eigenvalue weighted by Gasteiger charge is 2.40. The Bertz CT molecular complexity index is 80.4. The number of ether oxygens (including phenoxy) is 1. The van der Waals surface area contributed by atoms with Gasteiger partial charge in [0.2, 0.25) is 0 Å². The molecule has 0 saturated heterocycles. The summed E-state index contributed by atoms with van der Waals surface area (Å²) in [6.45, 7) is 1.12. The van der Waals surface area contributed by atoms with E-state index >= 15 is 0 Å². The second-order valence-electron chi connectivity index (χ2n) is 1.33. The monoisotopic (exact) mass is 143 g/mol. The summed E-state index contributed by atoms with van der Waals surface area (Å²) >= 11 is 0. The first kappa shape index (κ1) is 8.71. The molecule has 0 bridgehead atoms. The van der Waals surface area contributed by atoms with Crippen molar-refractivity contribution in [1.82, 2.24) is 0 Å². The molecule has 2 nitrogen and oxygen atoms in total. The number of hydrogen-bond acceptors (Lipinski definition) is 1. The lowest BCUT2D eigenvalue weighted by Crippen LogP contribution is -2.29. The summed E-state index contributed by atoms with van der Waals surface area (Å²) in [5.74, 6) is 0. The summed E-state index contributed by atoms with van der Waals surface area (Å²) in [6, 6.07) is 0. The Kier molecular flexibility index (Phi) is 2.93. The Morgan fingerprint density at radius 1 is 1.56 bits per heavy atom. The Balaban J connectivity index is 3.59. The van der Waals surface area contributed by atoms with Crippen molar-refractivity contribution in [1.29, 1.82) is 0 Å². The summed E-state index contributed by atoms with van der Waals surface area (Å²) in [7, 11) is 0. The van der Waals surface area contributed by atoms with Crippen LogP contribution in [0.3, 0.4) is 0 Å². The summed E-state index contributed by atoms with van der Waals surface area (Å²) in [4.78, 5) is 0. The van der Waals surface area contributed by atoms with Gasteiger partial charge in [-0.05, 0) is 6.92 Å². The van der Waals surface area contributed by atoms with Crippen LogP contribution in [-0.2, 0) is 9.84 Å². The molecule has 0 saturated carbocycles. The maximum Gasteiger partial charge on any atom is 0.443 e. The highest BCUT2D eigenvalue weighted by atomic mass is 19.4. The molecular weight excluding hydrogens is 137 g/mol. The molecule has 55 valence electrons. The van der Waals surface area contributed by atoms with Gasteiger partial charge in [-0.15, -0.1) is 0 Å². The van der Waals surface area contributed by atoms with Gasteiger partial charge in [-0.2, -0.15) is 18.3 Å². The minimum atomic E-state index is -4.77. The molecule has 0 aromatic rings. The number of alkyl halides is 3. The second-order valence-corrected chi connectivity index (χ2v) is 1.33. The Morgan fingerprint density at radius 3 is 2.11 bits per heavy atom. The van der Waals surface area contributed by atoms with E-state index in [-0.39, 0.29) is 6.61 Å². The normalized spacial score (nSPS) is 15.7. The van der Waals surface area contributed by atoms with E-state index in [4.69, 9.17) is 0 Å². The van der Waals surface area contributed by atoms with Crippen LogP contribution in [0, 0.1) is 0 Å². The molecule has 0 aliphatic carbocycles. The van der Waals surface area contributed by atoms with Crippen molar-refractivity contribution < 1.29 is 23.0 Å². The van der Waals surface area contributed by atoms with Gasteiger partial charge in [0.1, 0.15) is 0 Å². The minimum absolute atomic E-state index is 0.215. The second kappa shape index (κ2) is 3.03. The number of rotatable bonds is 2. The third-order valence-corrected chi connectivity index (χ3v) is 0.585. The Morgan fingerprint density at radius 2 is 2.00 bits per heavy atom. The summed E-state index contributed by atoms with van der Waals surface area (Å²) < 4.78 is 37.3. The standard InChI is InChI=1S/C4H6F3O2/c1-2-9-3(8)4(5,6)7/h3H,2H2,1H3. The Labute approximate surface area is 50.2 Å². The predicted molar refractivity (Wildman–Crippen MR) is 22.2 cm³/mol. The van der Waals surface area contributed by atoms with E-state index in [0.717, 1.165) is 0 Å². The molecule has 0 aromatic carbocycles. The molecule has 0 aliphatic rings. The number of halogens is 3. The van der Waals surface area contributed by atoms with E-state index in [2.05, 4.69) is 4.74 Å². The van der Waals surface area contributed by atoms with Crippen LogP contribution in [0.1, 0.15) is 6.92 Å². The van der Waals surface area contributed by atoms with Gasteiger partial charge in [-0.25, -0.2) is 0 Å². The van der Waals surface area contributed by atoms with Gasteiger partial charge in [-0.1, -0.05) is 0 Å². The molecular formula is C4H6F3O2. The fourth-order valence-corrected chi connectivity index (χ4v) is 0.246. The van der Waals surface area contributed by atoms with Crippen molar-refractivity contribution >= 4 is 0 Å². The lowest BCUT2D eigenvalue weighted by atomic mass is 10.6. The molecule has 0 fully saturated rings. The fourth-order valence-electron chi connectivity index (χ4n) is 0.246. The summed E-state index contributed by atoms with van der Waals surface area (Å²) in [6.07, 6.45) is -7.65. The molecule has 0 N–H and O–H groups in total. The lowest BCUT2D eigenvalue weighted by Gasteiger charge is -2.10. The van der Waals surface area contributed by atoms with Crippen LogP contribution in [0.15, 0.2) is 0 Å². The van der Waals surface area contributed by atoms with Crippen LogP contribution >= 0.6 is 0 Å². The molecule has 1 radical (unpaired) electrons. The van der Waals surface area contributed by atoms with Crippen LogP contribution in [0.2, 0.25) is 0 Å². The molecule has 0 spiro atoms. The SMILES string of the molecule is CCOC([O])C(F)(F)F. The van der Waals surface area contributed by atoms with Crippen LogP contribution < -0.4 is 0 Å². The van der Waals surface area contributed by atoms with Gasteiger partial charge < -0.3 is 4.74 Å². The first-order valence-corrected chi connectivity index (χ1v) is 2.32. The van der Waals surface area contributed by atoms with Crippen molar-refractivity contribution in [3.8, 4) is 0 Å². The van der Waals surface area contributed by atoms with E-state index in [9.17, 15) is 18.3 Å². The molecule has 1 atom stereocenters. The van der Waals surface area contributed by atoms with Gasteiger partial charge in [0.25, 0.3) is 6.29 Å². The van der Waals surface area contributed by atoms with Crippen LogP contribution in [0.5, 0.6) is 0 Å². The topological polar surface area (TPSA) is 29.1 Å². The van der Waals surface area contributed by atoms with E-state index in [1.54, 1.807) is 0 Å². The van der Waals surface area contributed by atoms with Crippen molar-refractivity contribution in [3.05, 3.63) is 0 Å². The molecule has 0 heterocycles.